The zero-order chi connectivity index (χ0) is 79.7. The highest BCUT2D eigenvalue weighted by molar-refractivity contribution is 6.12. The molecule has 4 nitrogen and oxygen atoms in total. The van der Waals surface area contributed by atoms with Crippen molar-refractivity contribution >= 4 is 87.2 Å². The number of fused-ring (bicyclic) bond motifs is 12. The van der Waals surface area contributed by atoms with E-state index in [0.29, 0.717) is 0 Å². The molecule has 15 aromatic carbocycles. The lowest BCUT2D eigenvalue weighted by Crippen LogP contribution is -2.11. The van der Waals surface area contributed by atoms with Crippen LogP contribution in [0.2, 0.25) is 0 Å². The van der Waals surface area contributed by atoms with Gasteiger partial charge in [-0.05, 0) is 180 Å². The second kappa shape index (κ2) is 31.6. The van der Waals surface area contributed by atoms with E-state index in [-0.39, 0.29) is 27.1 Å². The van der Waals surface area contributed by atoms with Gasteiger partial charge in [0.05, 0.1) is 44.1 Å². The Kier molecular flexibility index (Phi) is 21.3. The molecule has 19 aromatic rings. The Balaban J connectivity index is 0.000000112. The minimum atomic E-state index is 0.145. The third kappa shape index (κ3) is 16.0. The van der Waals surface area contributed by atoms with E-state index in [4.69, 9.17) is 0 Å². The minimum absolute atomic E-state index is 0.145. The van der Waals surface area contributed by atoms with Crippen molar-refractivity contribution in [3.63, 3.8) is 0 Å². The molecule has 0 radical (unpaired) electrons. The average molecular weight is 1480 g/mol. The molecule has 0 saturated carbocycles. The summed E-state index contributed by atoms with van der Waals surface area (Å²) in [4.78, 5) is 0. The summed E-state index contributed by atoms with van der Waals surface area (Å²) in [5, 5.41) is 10.5. The van der Waals surface area contributed by atoms with Crippen LogP contribution in [0.1, 0.15) is 132 Å². The summed E-state index contributed by atoms with van der Waals surface area (Å²) in [6.45, 7) is 33.9. The summed E-state index contributed by atoms with van der Waals surface area (Å²) >= 11 is 0. The monoisotopic (exact) mass is 1480 g/mol. The van der Waals surface area contributed by atoms with E-state index < -0.39 is 0 Å². The molecule has 4 heteroatoms. The van der Waals surface area contributed by atoms with E-state index >= 15 is 0 Å². The van der Waals surface area contributed by atoms with E-state index in [1.807, 2.05) is 0 Å². The molecule has 0 unspecified atom stereocenters. The molecule has 4 aromatic heterocycles. The summed E-state index contributed by atoms with van der Waals surface area (Å²) in [7, 11) is 0. The number of nitrogens with zero attached hydrogens (tertiary/aromatic N) is 4. The molecule has 114 heavy (non-hydrogen) atoms. The molecule has 0 spiro atoms. The van der Waals surface area contributed by atoms with Crippen LogP contribution >= 0.6 is 0 Å². The Morgan fingerprint density at radius 1 is 0.140 bits per heavy atom. The largest absolute Gasteiger partial charge is 0.309 e. The fraction of sp³-hybridized carbons (Fsp3) is 0.182. The van der Waals surface area contributed by atoms with Gasteiger partial charge >= 0.3 is 0 Å². The van der Waals surface area contributed by atoms with Crippen LogP contribution in [0, 0.1) is 0 Å². The minimum Gasteiger partial charge on any atom is -0.309 e. The van der Waals surface area contributed by atoms with Gasteiger partial charge in [0.2, 0.25) is 0 Å². The summed E-state index contributed by atoms with van der Waals surface area (Å²) < 4.78 is 9.47. The van der Waals surface area contributed by atoms with E-state index in [9.17, 15) is 0 Å². The Morgan fingerprint density at radius 3 is 0.754 bits per heavy atom. The smallest absolute Gasteiger partial charge is 0.0544 e. The standard InChI is InChI=1S/4C22H21N.C22H22/c1-22(2,3)16-9-8-10-17(15-16)23-20-13-6-4-11-18(20)19-12-5-7-14-21(19)23;1-22(2,3)16-12-14-17(15-13-16)23-20-10-6-4-8-18(20)19-9-5-7-11-21(19)23;1-22(2,3)16-13-14-21-19(15-16)18-11-7-8-12-20(18)23(21)17-9-5-4-6-10-17;1-22(2,3)16-13-14-19-18-11-7-8-12-20(18)23(21(19)15-16)17-9-5-4-6-10-17;1-22(2,3)21-15-13-20(14-16-21)19-11-9-18(10-12-19)17-7-5-4-6-8-17/h4*4-15H,1-3H3;4-16H,1-3H3. The van der Waals surface area contributed by atoms with E-state index in [0.717, 1.165) is 0 Å². The van der Waals surface area contributed by atoms with Gasteiger partial charge in [0.1, 0.15) is 0 Å². The molecule has 0 atom stereocenters. The number of benzene rings is 15. The second-order valence-electron chi connectivity index (χ2n) is 35.4. The van der Waals surface area contributed by atoms with Crippen LogP contribution in [0.3, 0.4) is 0 Å². The van der Waals surface area contributed by atoms with Gasteiger partial charge < -0.3 is 18.3 Å². The highest BCUT2D eigenvalue weighted by Crippen LogP contribution is 2.40. The molecule has 566 valence electrons. The first-order valence-electron chi connectivity index (χ1n) is 40.4. The number of rotatable bonds is 6. The summed E-state index contributed by atoms with van der Waals surface area (Å²) in [5.41, 5.74) is 27.7. The Hall–Kier alpha value is -12.5. The molecule has 4 heterocycles. The van der Waals surface area contributed by atoms with Crippen LogP contribution in [0.5, 0.6) is 0 Å². The van der Waals surface area contributed by atoms with Crippen molar-refractivity contribution in [3.8, 4) is 45.0 Å². The quantitative estimate of drug-likeness (QED) is 0.158. The van der Waals surface area contributed by atoms with Crippen molar-refractivity contribution < 1.29 is 0 Å². The highest BCUT2D eigenvalue weighted by atomic mass is 15.0. The van der Waals surface area contributed by atoms with Crippen LogP contribution in [-0.2, 0) is 27.1 Å². The molecule has 0 bridgehead atoms. The number of aromatic nitrogens is 4. The zero-order valence-electron chi connectivity index (χ0n) is 69.0. The van der Waals surface area contributed by atoms with Crippen LogP contribution in [0.25, 0.3) is 132 Å². The molecule has 0 aliphatic carbocycles. The maximum atomic E-state index is 2.37. The second-order valence-corrected chi connectivity index (χ2v) is 35.4. The molecular formula is C110H106N4. The summed E-state index contributed by atoms with van der Waals surface area (Å²) in [6, 6.07) is 133. The van der Waals surface area contributed by atoms with Crippen LogP contribution in [0.4, 0.5) is 0 Å². The predicted molar refractivity (Wildman–Crippen MR) is 494 cm³/mol. The Bertz CT molecular complexity index is 6430. The van der Waals surface area contributed by atoms with Crippen molar-refractivity contribution in [2.45, 2.75) is 131 Å². The van der Waals surface area contributed by atoms with Gasteiger partial charge in [-0.15, -0.1) is 0 Å². The van der Waals surface area contributed by atoms with Gasteiger partial charge in [0.15, 0.2) is 0 Å². The van der Waals surface area contributed by atoms with Gasteiger partial charge in [-0.1, -0.05) is 371 Å². The normalized spacial score (nSPS) is 12.0. The van der Waals surface area contributed by atoms with E-state index in [1.165, 1.54) is 160 Å². The molecule has 0 fully saturated rings. The molecular weight excluding hydrogens is 1380 g/mol. The fourth-order valence-corrected chi connectivity index (χ4v) is 15.9. The fourth-order valence-electron chi connectivity index (χ4n) is 15.9. The first kappa shape index (κ1) is 76.8. The molecule has 0 amide bonds. The topological polar surface area (TPSA) is 19.7 Å². The van der Waals surface area contributed by atoms with Gasteiger partial charge in [0.25, 0.3) is 0 Å². The maximum Gasteiger partial charge on any atom is 0.0544 e. The van der Waals surface area contributed by atoms with Crippen molar-refractivity contribution in [2.75, 3.05) is 0 Å². The summed E-state index contributed by atoms with van der Waals surface area (Å²) in [5.74, 6) is 0. The molecule has 19 rings (SSSR count). The zero-order valence-corrected chi connectivity index (χ0v) is 69.0. The van der Waals surface area contributed by atoms with Crippen molar-refractivity contribution in [1.82, 2.24) is 18.3 Å². The van der Waals surface area contributed by atoms with Crippen LogP contribution in [0.15, 0.2) is 370 Å². The SMILES string of the molecule is CC(C)(C)c1ccc(-c2ccc(-c3ccccc3)cc2)cc1.CC(C)(C)c1ccc(-n2c3ccccc3c3ccccc32)cc1.CC(C)(C)c1ccc2c(c1)c1ccccc1n2-c1ccccc1.CC(C)(C)c1ccc2c3ccccc3n(-c3ccccc3)c2c1.CC(C)(C)c1cccc(-n2c3ccccc3c3ccccc32)c1. The number of hydrogen-bond acceptors (Lipinski definition) is 0. The first-order valence-corrected chi connectivity index (χ1v) is 40.4. The molecule has 0 aliphatic heterocycles. The third-order valence-corrected chi connectivity index (χ3v) is 22.3. The van der Waals surface area contributed by atoms with Gasteiger partial charge in [0, 0.05) is 65.8 Å². The number of para-hydroxylation sites is 8. The predicted octanol–water partition coefficient (Wildman–Crippen LogP) is 30.6. The Morgan fingerprint density at radius 2 is 0.377 bits per heavy atom. The lowest BCUT2D eigenvalue weighted by atomic mass is 9.86. The maximum absolute atomic E-state index is 2.37. The summed E-state index contributed by atoms with van der Waals surface area (Å²) in [6.07, 6.45) is 0. The average Bonchev–Trinajstić information content (AvgIpc) is 1.61. The van der Waals surface area contributed by atoms with Crippen molar-refractivity contribution in [3.05, 3.63) is 398 Å². The number of hydrogen-bond donors (Lipinski definition) is 0. The molecule has 0 N–H and O–H groups in total. The highest BCUT2D eigenvalue weighted by Gasteiger charge is 2.23. The van der Waals surface area contributed by atoms with E-state index in [1.54, 1.807) is 0 Å². The van der Waals surface area contributed by atoms with Crippen LogP contribution in [-0.4, -0.2) is 18.3 Å². The van der Waals surface area contributed by atoms with Gasteiger partial charge in [-0.3, -0.25) is 0 Å². The van der Waals surface area contributed by atoms with Gasteiger partial charge in [-0.25, -0.2) is 0 Å². The molecule has 0 aliphatic rings. The lowest BCUT2D eigenvalue weighted by Gasteiger charge is -2.20. The van der Waals surface area contributed by atoms with Gasteiger partial charge in [-0.2, -0.15) is 0 Å². The van der Waals surface area contributed by atoms with Crippen molar-refractivity contribution in [1.29, 1.82) is 0 Å². The van der Waals surface area contributed by atoms with Crippen molar-refractivity contribution in [2.24, 2.45) is 0 Å². The first-order chi connectivity index (χ1) is 54.8. The lowest BCUT2D eigenvalue weighted by molar-refractivity contribution is 0.589. The third-order valence-electron chi connectivity index (χ3n) is 22.3. The Labute approximate surface area is 674 Å². The van der Waals surface area contributed by atoms with E-state index in [2.05, 4.69) is 492 Å². The molecule has 0 saturated heterocycles. The van der Waals surface area contributed by atoms with Crippen LogP contribution < -0.4 is 0 Å².